The Hall–Kier alpha value is -0.170. The van der Waals surface area contributed by atoms with Gasteiger partial charge in [0.25, 0.3) is 0 Å². The number of thiol groups is 1. The summed E-state index contributed by atoms with van der Waals surface area (Å²) in [6.45, 7) is 13.4. The van der Waals surface area contributed by atoms with Crippen LogP contribution in [0.2, 0.25) is 0 Å². The van der Waals surface area contributed by atoms with Gasteiger partial charge in [0.05, 0.1) is 0 Å². The molecule has 0 N–H and O–H groups in total. The summed E-state index contributed by atoms with van der Waals surface area (Å²) in [5.74, 6) is 11.2. The van der Waals surface area contributed by atoms with E-state index in [1.54, 1.807) is 0 Å². The first kappa shape index (κ1) is 37.6. The van der Waals surface area contributed by atoms with E-state index in [0.717, 1.165) is 65.1 Å². The van der Waals surface area contributed by atoms with E-state index in [1.807, 2.05) is 0 Å². The molecule has 6 aliphatic carbocycles. The lowest BCUT2D eigenvalue weighted by Gasteiger charge is -2.36. The first-order chi connectivity index (χ1) is 21.8. The molecule has 0 aliphatic heterocycles. The van der Waals surface area contributed by atoms with Crippen LogP contribution in [0.4, 0.5) is 0 Å². The van der Waals surface area contributed by atoms with Crippen LogP contribution in [0, 0.1) is 65.1 Å². The third-order valence-electron chi connectivity index (χ3n) is 14.4. The van der Waals surface area contributed by atoms with Crippen molar-refractivity contribution in [2.24, 2.45) is 65.1 Å². The van der Waals surface area contributed by atoms with Gasteiger partial charge in [-0.25, -0.2) is 0 Å². The summed E-state index contributed by atoms with van der Waals surface area (Å²) in [5.41, 5.74) is 0. The number of rotatable bonds is 5. The molecule has 260 valence electrons. The zero-order valence-corrected chi connectivity index (χ0v) is 31.7. The Bertz CT molecular complexity index is 761. The van der Waals surface area contributed by atoms with Crippen LogP contribution in [0.25, 0.3) is 0 Å². The van der Waals surface area contributed by atoms with Gasteiger partial charge in [-0.1, -0.05) is 77.5 Å². The van der Waals surface area contributed by atoms with Crippen LogP contribution in [0.5, 0.6) is 0 Å². The third-order valence-corrected chi connectivity index (χ3v) is 14.9. The van der Waals surface area contributed by atoms with Gasteiger partial charge in [-0.05, 0) is 188 Å². The van der Waals surface area contributed by atoms with Gasteiger partial charge in [0.1, 0.15) is 0 Å². The van der Waals surface area contributed by atoms with E-state index < -0.39 is 0 Å². The summed E-state index contributed by atoms with van der Waals surface area (Å²) in [7, 11) is 0. The normalized spacial score (nSPS) is 42.9. The van der Waals surface area contributed by atoms with E-state index >= 15 is 0 Å². The van der Waals surface area contributed by atoms with Crippen molar-refractivity contribution in [1.29, 1.82) is 0 Å². The summed E-state index contributed by atoms with van der Waals surface area (Å²) >= 11 is 4.58. The highest BCUT2D eigenvalue weighted by atomic mass is 32.1. The first-order valence-corrected chi connectivity index (χ1v) is 21.3. The van der Waals surface area contributed by atoms with Crippen molar-refractivity contribution in [1.82, 2.24) is 0 Å². The second-order valence-electron chi connectivity index (χ2n) is 17.7. The highest BCUT2D eigenvalue weighted by Crippen LogP contribution is 2.43. The summed E-state index contributed by atoms with van der Waals surface area (Å²) in [5, 5.41) is 0.716. The van der Waals surface area contributed by atoms with Crippen LogP contribution in [0.15, 0.2) is 24.8 Å². The van der Waals surface area contributed by atoms with Gasteiger partial charge in [-0.3, -0.25) is 0 Å². The lowest BCUT2D eigenvalue weighted by Crippen LogP contribution is -2.25. The Morgan fingerprint density at radius 3 is 0.956 bits per heavy atom. The van der Waals surface area contributed by atoms with Crippen LogP contribution in [-0.4, -0.2) is 5.25 Å². The second kappa shape index (κ2) is 20.4. The van der Waals surface area contributed by atoms with Crippen molar-refractivity contribution in [3.05, 3.63) is 24.8 Å². The van der Waals surface area contributed by atoms with Crippen molar-refractivity contribution < 1.29 is 0 Å². The molecule has 0 unspecified atom stereocenters. The fourth-order valence-corrected chi connectivity index (χ4v) is 11.1. The molecule has 0 nitrogen and oxygen atoms in total. The molecule has 0 atom stereocenters. The highest BCUT2D eigenvalue weighted by molar-refractivity contribution is 7.80. The van der Waals surface area contributed by atoms with Crippen LogP contribution in [0.3, 0.4) is 0 Å². The van der Waals surface area contributed by atoms with Crippen LogP contribution in [0.1, 0.15) is 182 Å². The van der Waals surface area contributed by atoms with Crippen molar-refractivity contribution in [2.45, 2.75) is 187 Å². The predicted octanol–water partition coefficient (Wildman–Crippen LogP) is 14.3. The average molecular weight is 639 g/mol. The van der Waals surface area contributed by atoms with Gasteiger partial charge in [0.2, 0.25) is 0 Å². The van der Waals surface area contributed by atoms with Gasteiger partial charge in [-0.15, -0.1) is 6.58 Å². The van der Waals surface area contributed by atoms with Crippen LogP contribution >= 0.6 is 12.6 Å². The molecule has 0 saturated heterocycles. The lowest BCUT2D eigenvalue weighted by molar-refractivity contribution is 0.160. The summed E-state index contributed by atoms with van der Waals surface area (Å²) < 4.78 is 0. The molecule has 6 fully saturated rings. The minimum Gasteiger partial charge on any atom is -0.176 e. The van der Waals surface area contributed by atoms with E-state index in [0.29, 0.717) is 5.25 Å². The zero-order chi connectivity index (χ0) is 32.0. The van der Waals surface area contributed by atoms with E-state index in [-0.39, 0.29) is 0 Å². The van der Waals surface area contributed by atoms with Crippen molar-refractivity contribution in [3.63, 3.8) is 0 Å². The molecule has 6 saturated carbocycles. The lowest BCUT2D eigenvalue weighted by atomic mass is 9.69. The molecular formula is C44H78S. The highest BCUT2D eigenvalue weighted by Gasteiger charge is 2.31. The number of hydrogen-bond donors (Lipinski definition) is 1. The smallest absolute Gasteiger partial charge is 0.00170 e. The minimum absolute atomic E-state index is 0.716. The maximum Gasteiger partial charge on any atom is 0.00170 e. The van der Waals surface area contributed by atoms with Crippen molar-refractivity contribution in [3.8, 4) is 0 Å². The van der Waals surface area contributed by atoms with Gasteiger partial charge in [0, 0.05) is 5.25 Å². The van der Waals surface area contributed by atoms with Gasteiger partial charge < -0.3 is 0 Å². The topological polar surface area (TPSA) is 0 Å². The molecule has 0 heterocycles. The first-order valence-electron chi connectivity index (χ1n) is 20.8. The Kier molecular flexibility index (Phi) is 17.0. The van der Waals surface area contributed by atoms with E-state index in [4.69, 9.17) is 0 Å². The third kappa shape index (κ3) is 13.0. The summed E-state index contributed by atoms with van der Waals surface area (Å²) in [4.78, 5) is 0. The molecule has 0 aromatic heterocycles. The maximum atomic E-state index is 4.58. The van der Waals surface area contributed by atoms with Gasteiger partial charge in [-0.2, -0.15) is 12.6 Å². The summed E-state index contributed by atoms with van der Waals surface area (Å²) in [6, 6.07) is 0. The van der Waals surface area contributed by atoms with E-state index in [9.17, 15) is 0 Å². The number of allylic oxidation sites excluding steroid dienone is 3. The largest absolute Gasteiger partial charge is 0.176 e. The fourth-order valence-electron chi connectivity index (χ4n) is 10.8. The monoisotopic (exact) mass is 639 g/mol. The maximum absolute atomic E-state index is 4.58. The fraction of sp³-hybridized carbons (Fsp3) is 0.909. The van der Waals surface area contributed by atoms with Crippen LogP contribution in [-0.2, 0) is 0 Å². The molecule has 0 aromatic carbocycles. The molecule has 0 radical (unpaired) electrons. The molecule has 0 aromatic rings. The molecule has 0 bridgehead atoms. The molecule has 6 rings (SSSR count). The van der Waals surface area contributed by atoms with E-state index in [1.165, 1.54) is 154 Å². The van der Waals surface area contributed by atoms with E-state index in [2.05, 4.69) is 65.1 Å². The SMILES string of the molecule is C/C=C/C1CCC(C2CCC(C)CC2)CC1.C=CC1CCC(C2CCC(C)CC2)CC1.CC1CCC(C2CCC(S)CC2)CC1. The van der Waals surface area contributed by atoms with Crippen molar-refractivity contribution in [2.75, 3.05) is 0 Å². The van der Waals surface area contributed by atoms with Crippen LogP contribution < -0.4 is 0 Å². The van der Waals surface area contributed by atoms with Gasteiger partial charge >= 0.3 is 0 Å². The molecular weight excluding hydrogens is 561 g/mol. The standard InChI is InChI=1S/C16H28.C15H26.C13H24S/c1-3-4-14-7-11-16(12-8-14)15-9-5-13(2)6-10-15;1-3-13-6-10-15(11-7-13)14-8-4-12(2)5-9-14;1-10-2-4-11(5-3-10)12-6-8-13(14)9-7-12/h3-4,13-16H,5-12H2,1-2H3;3,12-15H,1,4-11H2,2H3;10-14H,2-9H2,1H3/b4-3+;;. The van der Waals surface area contributed by atoms with Gasteiger partial charge in [0.15, 0.2) is 0 Å². The molecule has 6 aliphatic rings. The molecule has 0 amide bonds. The summed E-state index contributed by atoms with van der Waals surface area (Å²) in [6.07, 6.45) is 42.4. The Labute approximate surface area is 288 Å². The Morgan fingerprint density at radius 1 is 0.400 bits per heavy atom. The Morgan fingerprint density at radius 2 is 0.667 bits per heavy atom. The number of hydrogen-bond acceptors (Lipinski definition) is 1. The zero-order valence-electron chi connectivity index (χ0n) is 30.8. The molecule has 45 heavy (non-hydrogen) atoms. The predicted molar refractivity (Wildman–Crippen MR) is 204 cm³/mol. The molecule has 1 heteroatoms. The minimum atomic E-state index is 0.716. The molecule has 0 spiro atoms. The average Bonchev–Trinajstić information content (AvgIpc) is 3.08. The quantitative estimate of drug-likeness (QED) is 0.225. The Balaban J connectivity index is 0.000000154. The van der Waals surface area contributed by atoms with Crippen molar-refractivity contribution >= 4 is 12.6 Å². The second-order valence-corrected chi connectivity index (χ2v) is 18.5.